The quantitative estimate of drug-likeness (QED) is 0.782. The van der Waals surface area contributed by atoms with Crippen molar-refractivity contribution in [3.05, 3.63) is 29.8 Å². The number of benzene rings is 1. The summed E-state index contributed by atoms with van der Waals surface area (Å²) >= 11 is 0. The maximum Gasteiger partial charge on any atom is 0.392 e. The number of hydrogen-bond acceptors (Lipinski definition) is 2. The van der Waals surface area contributed by atoms with Crippen molar-refractivity contribution in [1.82, 2.24) is 5.32 Å². The van der Waals surface area contributed by atoms with Crippen LogP contribution in [0, 0.1) is 0 Å². The molecule has 1 aromatic carbocycles. The number of ether oxygens (including phenoxy) is 1. The van der Waals surface area contributed by atoms with Gasteiger partial charge in [0.15, 0.2) is 0 Å². The molecule has 0 saturated carbocycles. The second kappa shape index (κ2) is 8.15. The first-order valence-electron chi connectivity index (χ1n) is 6.92. The first kappa shape index (κ1) is 16.8. The standard InChI is InChI=1S/C15H22F3NO/c1-3-19-12(2)4-5-13-6-8-14(9-7-13)20-11-10-15(16,17)18/h6-9,12,19H,3-5,10-11H2,1-2H3. The van der Waals surface area contributed by atoms with Crippen LogP contribution in [0.2, 0.25) is 0 Å². The molecule has 0 radical (unpaired) electrons. The number of aryl methyl sites for hydroxylation is 1. The van der Waals surface area contributed by atoms with E-state index in [0.29, 0.717) is 11.8 Å². The molecule has 1 atom stereocenters. The highest BCUT2D eigenvalue weighted by Gasteiger charge is 2.26. The van der Waals surface area contributed by atoms with Gasteiger partial charge in [0.05, 0.1) is 13.0 Å². The lowest BCUT2D eigenvalue weighted by molar-refractivity contribution is -0.139. The van der Waals surface area contributed by atoms with Crippen molar-refractivity contribution in [2.45, 2.75) is 45.3 Å². The van der Waals surface area contributed by atoms with Crippen molar-refractivity contribution in [2.75, 3.05) is 13.2 Å². The van der Waals surface area contributed by atoms with E-state index in [2.05, 4.69) is 19.2 Å². The molecule has 0 spiro atoms. The molecule has 0 heterocycles. The highest BCUT2D eigenvalue weighted by Crippen LogP contribution is 2.20. The molecule has 0 aliphatic carbocycles. The molecular formula is C15H22F3NO. The summed E-state index contributed by atoms with van der Waals surface area (Å²) in [6, 6.07) is 7.72. The molecule has 114 valence electrons. The largest absolute Gasteiger partial charge is 0.493 e. The minimum atomic E-state index is -4.16. The molecule has 0 aromatic heterocycles. The van der Waals surface area contributed by atoms with Crippen LogP contribution < -0.4 is 10.1 Å². The summed E-state index contributed by atoms with van der Waals surface area (Å²) in [4.78, 5) is 0. The maximum atomic E-state index is 12.0. The normalized spacial score (nSPS) is 13.2. The predicted molar refractivity (Wildman–Crippen MR) is 74.1 cm³/mol. The van der Waals surface area contributed by atoms with Gasteiger partial charge in [-0.15, -0.1) is 0 Å². The van der Waals surface area contributed by atoms with Crippen LogP contribution in [0.4, 0.5) is 13.2 Å². The summed E-state index contributed by atoms with van der Waals surface area (Å²) in [6.45, 7) is 4.83. The van der Waals surface area contributed by atoms with E-state index in [4.69, 9.17) is 4.74 Å². The molecular weight excluding hydrogens is 267 g/mol. The van der Waals surface area contributed by atoms with E-state index in [1.807, 2.05) is 12.1 Å². The van der Waals surface area contributed by atoms with Gasteiger partial charge in [-0.3, -0.25) is 0 Å². The van der Waals surface area contributed by atoms with Crippen LogP contribution in [0.3, 0.4) is 0 Å². The summed E-state index contributed by atoms with van der Waals surface area (Å²) in [5.41, 5.74) is 1.16. The smallest absolute Gasteiger partial charge is 0.392 e. The van der Waals surface area contributed by atoms with Crippen molar-refractivity contribution in [1.29, 1.82) is 0 Å². The third kappa shape index (κ3) is 7.38. The fourth-order valence-electron chi connectivity index (χ4n) is 1.87. The molecule has 0 bridgehead atoms. The van der Waals surface area contributed by atoms with Gasteiger partial charge in [0.1, 0.15) is 5.75 Å². The molecule has 0 saturated heterocycles. The van der Waals surface area contributed by atoms with Crippen LogP contribution in [-0.2, 0) is 6.42 Å². The summed E-state index contributed by atoms with van der Waals surface area (Å²) in [5.74, 6) is 0.484. The topological polar surface area (TPSA) is 21.3 Å². The van der Waals surface area contributed by atoms with E-state index < -0.39 is 12.6 Å². The Bertz CT molecular complexity index is 376. The number of nitrogens with one attached hydrogen (secondary N) is 1. The molecule has 1 unspecified atom stereocenters. The van der Waals surface area contributed by atoms with Crippen LogP contribution >= 0.6 is 0 Å². The third-order valence-electron chi connectivity index (χ3n) is 3.00. The average Bonchev–Trinajstić information content (AvgIpc) is 2.37. The molecule has 20 heavy (non-hydrogen) atoms. The zero-order valence-corrected chi connectivity index (χ0v) is 12.0. The summed E-state index contributed by atoms with van der Waals surface area (Å²) < 4.78 is 41.0. The maximum absolute atomic E-state index is 12.0. The number of halogens is 3. The Morgan fingerprint density at radius 1 is 1.20 bits per heavy atom. The minimum absolute atomic E-state index is 0.333. The van der Waals surface area contributed by atoms with Gasteiger partial charge >= 0.3 is 6.18 Å². The van der Waals surface area contributed by atoms with Crippen LogP contribution in [0.15, 0.2) is 24.3 Å². The van der Waals surface area contributed by atoms with E-state index in [-0.39, 0.29) is 6.61 Å². The molecule has 1 aromatic rings. The first-order chi connectivity index (χ1) is 9.40. The van der Waals surface area contributed by atoms with Gasteiger partial charge in [0.25, 0.3) is 0 Å². The number of hydrogen-bond donors (Lipinski definition) is 1. The SMILES string of the molecule is CCNC(C)CCc1ccc(OCCC(F)(F)F)cc1. The van der Waals surface area contributed by atoms with Crippen LogP contribution in [-0.4, -0.2) is 25.4 Å². The summed E-state index contributed by atoms with van der Waals surface area (Å²) in [6.07, 6.45) is -3.11. The summed E-state index contributed by atoms with van der Waals surface area (Å²) in [7, 11) is 0. The Morgan fingerprint density at radius 2 is 1.85 bits per heavy atom. The van der Waals surface area contributed by atoms with Crippen LogP contribution in [0.1, 0.15) is 32.3 Å². The van der Waals surface area contributed by atoms with Gasteiger partial charge in [0.2, 0.25) is 0 Å². The van der Waals surface area contributed by atoms with E-state index in [0.717, 1.165) is 24.9 Å². The van der Waals surface area contributed by atoms with Crippen LogP contribution in [0.5, 0.6) is 5.75 Å². The van der Waals surface area contributed by atoms with Gasteiger partial charge in [0, 0.05) is 6.04 Å². The third-order valence-corrected chi connectivity index (χ3v) is 3.00. The van der Waals surface area contributed by atoms with E-state index in [9.17, 15) is 13.2 Å². The molecule has 0 fully saturated rings. The Kier molecular flexibility index (Phi) is 6.85. The Balaban J connectivity index is 2.33. The fraction of sp³-hybridized carbons (Fsp3) is 0.600. The lowest BCUT2D eigenvalue weighted by Gasteiger charge is -2.12. The molecule has 0 aliphatic rings. The lowest BCUT2D eigenvalue weighted by atomic mass is 10.1. The molecule has 1 rings (SSSR count). The van der Waals surface area contributed by atoms with Crippen LogP contribution in [0.25, 0.3) is 0 Å². The highest BCUT2D eigenvalue weighted by molar-refractivity contribution is 5.27. The Morgan fingerprint density at radius 3 is 2.40 bits per heavy atom. The van der Waals surface area contributed by atoms with Gasteiger partial charge in [-0.25, -0.2) is 0 Å². The van der Waals surface area contributed by atoms with E-state index >= 15 is 0 Å². The van der Waals surface area contributed by atoms with Gasteiger partial charge in [-0.1, -0.05) is 19.1 Å². The van der Waals surface area contributed by atoms with Gasteiger partial charge in [-0.05, 0) is 44.0 Å². The number of alkyl halides is 3. The first-order valence-corrected chi connectivity index (χ1v) is 6.92. The lowest BCUT2D eigenvalue weighted by Crippen LogP contribution is -2.25. The van der Waals surface area contributed by atoms with E-state index in [1.165, 1.54) is 0 Å². The molecule has 2 nitrogen and oxygen atoms in total. The molecule has 5 heteroatoms. The predicted octanol–water partition coefficient (Wildman–Crippen LogP) is 3.95. The Hall–Kier alpha value is -1.23. The van der Waals surface area contributed by atoms with Crippen molar-refractivity contribution in [3.8, 4) is 5.75 Å². The van der Waals surface area contributed by atoms with E-state index in [1.54, 1.807) is 12.1 Å². The molecule has 0 amide bonds. The highest BCUT2D eigenvalue weighted by atomic mass is 19.4. The second-order valence-electron chi connectivity index (χ2n) is 4.85. The average molecular weight is 289 g/mol. The number of rotatable bonds is 8. The monoisotopic (exact) mass is 289 g/mol. The minimum Gasteiger partial charge on any atom is -0.493 e. The summed E-state index contributed by atoms with van der Waals surface area (Å²) in [5, 5.41) is 3.34. The fourth-order valence-corrected chi connectivity index (χ4v) is 1.87. The zero-order valence-electron chi connectivity index (χ0n) is 12.0. The zero-order chi connectivity index (χ0) is 15.0. The van der Waals surface area contributed by atoms with Gasteiger partial charge < -0.3 is 10.1 Å². The van der Waals surface area contributed by atoms with Crippen molar-refractivity contribution < 1.29 is 17.9 Å². The molecule has 0 aliphatic heterocycles. The second-order valence-corrected chi connectivity index (χ2v) is 4.85. The Labute approximate surface area is 118 Å². The van der Waals surface area contributed by atoms with Gasteiger partial charge in [-0.2, -0.15) is 13.2 Å². The van der Waals surface area contributed by atoms with Crippen molar-refractivity contribution in [3.63, 3.8) is 0 Å². The van der Waals surface area contributed by atoms with Crippen molar-refractivity contribution in [2.24, 2.45) is 0 Å². The van der Waals surface area contributed by atoms with Crippen molar-refractivity contribution >= 4 is 0 Å². The molecule has 1 N–H and O–H groups in total.